The number of phenolic OH excluding ortho intramolecular Hbond substituents is 1. The number of aromatic hydroxyl groups is 1. The summed E-state index contributed by atoms with van der Waals surface area (Å²) in [5.74, 6) is -0.797. The summed E-state index contributed by atoms with van der Waals surface area (Å²) in [7, 11) is 2.84. The number of amides is 1. The molecule has 206 valence electrons. The smallest absolute Gasteiger partial charge is 0.236 e. The number of ketones is 2. The Balaban J connectivity index is 1.69. The molecule has 5 rings (SSSR count). The molecule has 5 N–H and O–H groups in total. The third-order valence-electron chi connectivity index (χ3n) is 8.44. The number of hydrogen-bond acceptors (Lipinski definition) is 10. The van der Waals surface area contributed by atoms with E-state index in [1.165, 1.54) is 14.2 Å². The maximum absolute atomic E-state index is 13.7. The van der Waals surface area contributed by atoms with Gasteiger partial charge in [0.1, 0.15) is 6.04 Å². The van der Waals surface area contributed by atoms with Gasteiger partial charge in [0.25, 0.3) is 0 Å². The Labute approximate surface area is 226 Å². The van der Waals surface area contributed by atoms with Crippen molar-refractivity contribution in [2.45, 2.75) is 69.9 Å². The number of carbonyl (C=O) groups is 3. The van der Waals surface area contributed by atoms with Crippen LogP contribution in [0.1, 0.15) is 43.0 Å². The minimum Gasteiger partial charge on any atom is -0.504 e. The van der Waals surface area contributed by atoms with Crippen molar-refractivity contribution in [3.05, 3.63) is 45.2 Å². The Kier molecular flexibility index (Phi) is 6.74. The molecule has 3 aliphatic heterocycles. The predicted molar refractivity (Wildman–Crippen MR) is 140 cm³/mol. The van der Waals surface area contributed by atoms with E-state index in [-0.39, 0.29) is 47.4 Å². The van der Waals surface area contributed by atoms with Crippen LogP contribution < -0.4 is 21.1 Å². The van der Waals surface area contributed by atoms with Crippen LogP contribution in [-0.4, -0.2) is 78.5 Å². The van der Waals surface area contributed by atoms with Crippen molar-refractivity contribution >= 4 is 17.5 Å². The van der Waals surface area contributed by atoms with Crippen LogP contribution in [0.5, 0.6) is 11.5 Å². The van der Waals surface area contributed by atoms with E-state index in [1.54, 1.807) is 13.8 Å². The lowest BCUT2D eigenvalue weighted by Gasteiger charge is -2.57. The van der Waals surface area contributed by atoms with Crippen molar-refractivity contribution in [2.75, 3.05) is 20.8 Å². The monoisotopic (exact) mass is 535 g/mol. The van der Waals surface area contributed by atoms with Crippen molar-refractivity contribution in [1.29, 1.82) is 5.26 Å². The van der Waals surface area contributed by atoms with Crippen molar-refractivity contribution in [3.8, 4) is 17.6 Å². The number of fused-ring (bicyclic) bond motifs is 6. The molecule has 1 fully saturated rings. The molecule has 6 atom stereocenters. The van der Waals surface area contributed by atoms with E-state index < -0.39 is 41.9 Å². The molecule has 3 heterocycles. The normalized spacial score (nSPS) is 28.7. The Morgan fingerprint density at radius 2 is 2.00 bits per heavy atom. The molecule has 11 nitrogen and oxygen atoms in total. The molecule has 0 spiro atoms. The highest BCUT2D eigenvalue weighted by Gasteiger charge is 2.55. The van der Waals surface area contributed by atoms with Gasteiger partial charge in [0, 0.05) is 40.9 Å². The van der Waals surface area contributed by atoms with Crippen molar-refractivity contribution < 1.29 is 29.0 Å². The minimum absolute atomic E-state index is 0.0178. The first kappa shape index (κ1) is 26.9. The number of nitrogens with zero attached hydrogens (tertiary/aromatic N) is 2. The van der Waals surface area contributed by atoms with E-state index in [4.69, 9.17) is 15.2 Å². The van der Waals surface area contributed by atoms with E-state index in [0.717, 1.165) is 11.1 Å². The molecular weight excluding hydrogens is 502 g/mol. The zero-order chi connectivity index (χ0) is 28.3. The molecule has 1 amide bonds. The molecule has 11 heteroatoms. The van der Waals surface area contributed by atoms with Crippen LogP contribution in [0, 0.1) is 18.3 Å². The molecule has 1 aromatic rings. The van der Waals surface area contributed by atoms with Crippen LogP contribution in [-0.2, 0) is 25.5 Å². The molecular formula is C28H33N5O6. The molecule has 2 bridgehead atoms. The molecule has 0 aromatic heterocycles. The maximum Gasteiger partial charge on any atom is 0.236 e. The highest BCUT2D eigenvalue weighted by atomic mass is 16.5. The van der Waals surface area contributed by atoms with Crippen LogP contribution in [0.25, 0.3) is 0 Å². The summed E-state index contributed by atoms with van der Waals surface area (Å²) in [5, 5.41) is 28.1. The summed E-state index contributed by atoms with van der Waals surface area (Å²) in [6, 6.07) is 0.865. The lowest BCUT2D eigenvalue weighted by atomic mass is 9.70. The lowest BCUT2D eigenvalue weighted by Crippen LogP contribution is -2.71. The summed E-state index contributed by atoms with van der Waals surface area (Å²) in [4.78, 5) is 41.7. The van der Waals surface area contributed by atoms with Gasteiger partial charge < -0.3 is 30.9 Å². The maximum atomic E-state index is 13.7. The fourth-order valence-corrected chi connectivity index (χ4v) is 6.75. The zero-order valence-corrected chi connectivity index (χ0v) is 22.6. The first-order valence-electron chi connectivity index (χ1n) is 13.0. The van der Waals surface area contributed by atoms with E-state index in [9.17, 15) is 24.8 Å². The number of hydrogen-bond donors (Lipinski definition) is 4. The molecule has 0 saturated carbocycles. The lowest BCUT2D eigenvalue weighted by molar-refractivity contribution is -0.123. The Morgan fingerprint density at radius 1 is 1.28 bits per heavy atom. The third kappa shape index (κ3) is 3.93. The van der Waals surface area contributed by atoms with Gasteiger partial charge in [-0.1, -0.05) is 6.07 Å². The highest BCUT2D eigenvalue weighted by molar-refractivity contribution is 6.25. The fourth-order valence-electron chi connectivity index (χ4n) is 6.75. The van der Waals surface area contributed by atoms with Gasteiger partial charge in [-0.3, -0.25) is 19.3 Å². The Hall–Kier alpha value is -3.72. The molecule has 4 aliphatic rings. The number of Topliss-reactive ketones (excluding diaryl/α,β-unsaturated/α-hetero) is 2. The van der Waals surface area contributed by atoms with Crippen LogP contribution >= 0.6 is 0 Å². The summed E-state index contributed by atoms with van der Waals surface area (Å²) in [6.45, 7) is 4.94. The molecule has 39 heavy (non-hydrogen) atoms. The number of nitrogens with one attached hydrogen (secondary N) is 2. The van der Waals surface area contributed by atoms with E-state index in [2.05, 4.69) is 16.7 Å². The number of piperazine rings is 1. The quantitative estimate of drug-likeness (QED) is 0.389. The topological polar surface area (TPSA) is 167 Å². The SMILES string of the molecule is COC1=C(C)C(=O)C2=C(C1=O)[C@H](CNC(=O)[C@H](C)N)N1[C@@H](C#N)[C@H]3Cc4cc(C)c(OC)c(O)c4[C@H](N3)[C@@H]1C2. The second-order valence-corrected chi connectivity index (χ2v) is 10.7. The number of ether oxygens (including phenoxy) is 2. The average molecular weight is 536 g/mol. The van der Waals surface area contributed by atoms with Crippen molar-refractivity contribution in [1.82, 2.24) is 15.5 Å². The number of methoxy groups -OCH3 is 2. The number of carbonyl (C=O) groups excluding carboxylic acids is 3. The van der Waals surface area contributed by atoms with E-state index in [0.29, 0.717) is 23.3 Å². The van der Waals surface area contributed by atoms with Gasteiger partial charge in [0.2, 0.25) is 11.7 Å². The molecule has 0 radical (unpaired) electrons. The van der Waals surface area contributed by atoms with Gasteiger partial charge >= 0.3 is 0 Å². The predicted octanol–water partition coefficient (Wildman–Crippen LogP) is 0.446. The number of phenols is 1. The number of benzene rings is 1. The number of allylic oxidation sites excluding steroid dienone is 2. The van der Waals surface area contributed by atoms with Crippen LogP contribution in [0.2, 0.25) is 0 Å². The summed E-state index contributed by atoms with van der Waals surface area (Å²) in [5.41, 5.74) is 8.90. The second kappa shape index (κ2) is 9.79. The summed E-state index contributed by atoms with van der Waals surface area (Å²) < 4.78 is 10.8. The van der Waals surface area contributed by atoms with Gasteiger partial charge in [0.05, 0.1) is 38.4 Å². The van der Waals surface area contributed by atoms with Crippen molar-refractivity contribution in [3.63, 3.8) is 0 Å². The van der Waals surface area contributed by atoms with Crippen LogP contribution in [0.3, 0.4) is 0 Å². The Morgan fingerprint density at radius 3 is 2.62 bits per heavy atom. The summed E-state index contributed by atoms with van der Waals surface area (Å²) in [6.07, 6.45) is 0.634. The van der Waals surface area contributed by atoms with Crippen molar-refractivity contribution in [2.24, 2.45) is 5.73 Å². The molecule has 1 aliphatic carbocycles. The second-order valence-electron chi connectivity index (χ2n) is 10.7. The fraction of sp³-hybridized carbons (Fsp3) is 0.500. The van der Waals surface area contributed by atoms with Gasteiger partial charge in [-0.05, 0) is 44.7 Å². The number of nitriles is 1. The van der Waals surface area contributed by atoms with Crippen LogP contribution in [0.4, 0.5) is 0 Å². The van der Waals surface area contributed by atoms with E-state index >= 15 is 0 Å². The Bertz CT molecular complexity index is 1390. The number of rotatable bonds is 5. The minimum atomic E-state index is -0.788. The van der Waals surface area contributed by atoms with Gasteiger partial charge in [0.15, 0.2) is 23.0 Å². The number of aryl methyl sites for hydroxylation is 1. The first-order chi connectivity index (χ1) is 18.5. The standard InChI is InChI=1S/C28H33N5O6/c1-11-6-14-7-16-18(9-29)33-17(22(32-16)20(14)24(35)26(11)38-4)8-15-21(19(33)10-31-28(37)13(3)30)25(36)27(39-5)12(2)23(15)34/h6,13,16-19,22,32,35H,7-8,10,30H2,1-5H3,(H,31,37)/t13-,16+,17-,18-,19-,22+/m0/s1. The average Bonchev–Trinajstić information content (AvgIpc) is 2.90. The zero-order valence-electron chi connectivity index (χ0n) is 22.6. The molecule has 1 aromatic carbocycles. The van der Waals surface area contributed by atoms with E-state index in [1.807, 2.05) is 17.9 Å². The summed E-state index contributed by atoms with van der Waals surface area (Å²) >= 11 is 0. The first-order valence-corrected chi connectivity index (χ1v) is 13.0. The molecule has 0 unspecified atom stereocenters. The van der Waals surface area contributed by atoms with Gasteiger partial charge in [-0.25, -0.2) is 0 Å². The highest BCUT2D eigenvalue weighted by Crippen LogP contribution is 2.50. The third-order valence-corrected chi connectivity index (χ3v) is 8.44. The number of nitrogens with two attached hydrogens (primary N) is 1. The largest absolute Gasteiger partial charge is 0.504 e. The molecule has 1 saturated heterocycles. The van der Waals surface area contributed by atoms with Gasteiger partial charge in [-0.2, -0.15) is 5.26 Å². The van der Waals surface area contributed by atoms with Crippen LogP contribution in [0.15, 0.2) is 28.5 Å². The van der Waals surface area contributed by atoms with Gasteiger partial charge in [-0.15, -0.1) is 0 Å².